The SMILES string of the molecule is NC(=O)CC[C@@H](NC(=O)CSc1ccc(F)cc1)C(=O)O. The molecule has 1 aromatic carbocycles. The van der Waals surface area contributed by atoms with Crippen LogP contribution in [0.1, 0.15) is 12.8 Å². The van der Waals surface area contributed by atoms with E-state index in [1.807, 2.05) is 0 Å². The fourth-order valence-electron chi connectivity index (χ4n) is 1.46. The second kappa shape index (κ2) is 8.25. The molecule has 0 bridgehead atoms. The molecule has 2 amide bonds. The van der Waals surface area contributed by atoms with Crippen molar-refractivity contribution >= 4 is 29.5 Å². The smallest absolute Gasteiger partial charge is 0.326 e. The number of carboxylic acids is 1. The number of thioether (sulfide) groups is 1. The minimum Gasteiger partial charge on any atom is -0.480 e. The molecular weight excluding hydrogens is 299 g/mol. The van der Waals surface area contributed by atoms with Crippen molar-refractivity contribution in [1.29, 1.82) is 0 Å². The van der Waals surface area contributed by atoms with Crippen molar-refractivity contribution in [3.8, 4) is 0 Å². The average Bonchev–Trinajstić information content (AvgIpc) is 2.42. The summed E-state index contributed by atoms with van der Waals surface area (Å²) in [6.07, 6.45) is -0.181. The van der Waals surface area contributed by atoms with E-state index < -0.39 is 23.8 Å². The van der Waals surface area contributed by atoms with Crippen LogP contribution in [0.25, 0.3) is 0 Å². The third kappa shape index (κ3) is 6.75. The zero-order valence-electron chi connectivity index (χ0n) is 11.0. The van der Waals surface area contributed by atoms with Gasteiger partial charge in [0.15, 0.2) is 0 Å². The predicted octanol–water partition coefficient (Wildman–Crippen LogP) is 0.753. The first-order chi connectivity index (χ1) is 9.88. The van der Waals surface area contributed by atoms with Crippen molar-refractivity contribution in [3.05, 3.63) is 30.1 Å². The third-order valence-corrected chi connectivity index (χ3v) is 3.51. The highest BCUT2D eigenvalue weighted by Gasteiger charge is 2.20. The van der Waals surface area contributed by atoms with Crippen molar-refractivity contribution in [2.45, 2.75) is 23.8 Å². The summed E-state index contributed by atoms with van der Waals surface area (Å²) in [5.41, 5.74) is 4.94. The van der Waals surface area contributed by atoms with E-state index in [9.17, 15) is 18.8 Å². The number of primary amides is 1. The molecule has 0 spiro atoms. The van der Waals surface area contributed by atoms with Crippen LogP contribution in [0.3, 0.4) is 0 Å². The number of benzene rings is 1. The lowest BCUT2D eigenvalue weighted by Gasteiger charge is -2.13. The second-order valence-corrected chi connectivity index (χ2v) is 5.25. The summed E-state index contributed by atoms with van der Waals surface area (Å²) in [5.74, 6) is -2.72. The second-order valence-electron chi connectivity index (χ2n) is 4.21. The number of halogens is 1. The van der Waals surface area contributed by atoms with Crippen molar-refractivity contribution in [2.24, 2.45) is 5.73 Å². The predicted molar refractivity (Wildman–Crippen MR) is 75.1 cm³/mol. The molecule has 0 aliphatic rings. The quantitative estimate of drug-likeness (QED) is 0.614. The van der Waals surface area contributed by atoms with Gasteiger partial charge in [-0.15, -0.1) is 11.8 Å². The zero-order chi connectivity index (χ0) is 15.8. The summed E-state index contributed by atoms with van der Waals surface area (Å²) in [7, 11) is 0. The van der Waals surface area contributed by atoms with Gasteiger partial charge in [-0.25, -0.2) is 9.18 Å². The molecule has 0 heterocycles. The van der Waals surface area contributed by atoms with Crippen LogP contribution < -0.4 is 11.1 Å². The van der Waals surface area contributed by atoms with Gasteiger partial charge in [-0.3, -0.25) is 9.59 Å². The third-order valence-electron chi connectivity index (χ3n) is 2.50. The lowest BCUT2D eigenvalue weighted by Crippen LogP contribution is -2.42. The lowest BCUT2D eigenvalue weighted by atomic mass is 10.1. The standard InChI is InChI=1S/C13H15FN2O4S/c14-8-1-3-9(4-2-8)21-7-12(18)16-10(13(19)20)5-6-11(15)17/h1-4,10H,5-7H2,(H2,15,17)(H,16,18)(H,19,20)/t10-/m1/s1. The van der Waals surface area contributed by atoms with Gasteiger partial charge in [-0.1, -0.05) is 0 Å². The van der Waals surface area contributed by atoms with Crippen LogP contribution in [0, 0.1) is 5.82 Å². The maximum Gasteiger partial charge on any atom is 0.326 e. The minimum absolute atomic E-state index is 0.00795. The van der Waals surface area contributed by atoms with Crippen LogP contribution in [0.15, 0.2) is 29.2 Å². The van der Waals surface area contributed by atoms with Crippen LogP contribution in [-0.4, -0.2) is 34.7 Å². The van der Waals surface area contributed by atoms with Crippen molar-refractivity contribution in [3.63, 3.8) is 0 Å². The normalized spacial score (nSPS) is 11.7. The molecule has 114 valence electrons. The Morgan fingerprint density at radius 2 is 1.90 bits per heavy atom. The number of nitrogens with one attached hydrogen (secondary N) is 1. The Balaban J connectivity index is 2.44. The number of hydrogen-bond donors (Lipinski definition) is 3. The zero-order valence-corrected chi connectivity index (χ0v) is 11.9. The van der Waals surface area contributed by atoms with E-state index >= 15 is 0 Å². The fraction of sp³-hybridized carbons (Fsp3) is 0.308. The minimum atomic E-state index is -1.23. The van der Waals surface area contributed by atoms with E-state index in [-0.39, 0.29) is 24.4 Å². The van der Waals surface area contributed by atoms with E-state index in [4.69, 9.17) is 10.8 Å². The molecule has 6 nitrogen and oxygen atoms in total. The summed E-state index contributed by atoms with van der Waals surface area (Å²) >= 11 is 1.15. The van der Waals surface area contributed by atoms with Crippen molar-refractivity contribution < 1.29 is 23.9 Å². The Morgan fingerprint density at radius 3 is 2.43 bits per heavy atom. The number of aliphatic carboxylic acids is 1. The van der Waals surface area contributed by atoms with Gasteiger partial charge in [0.2, 0.25) is 11.8 Å². The van der Waals surface area contributed by atoms with Crippen LogP contribution in [0.2, 0.25) is 0 Å². The molecule has 0 aromatic heterocycles. The van der Waals surface area contributed by atoms with E-state index in [1.165, 1.54) is 24.3 Å². The van der Waals surface area contributed by atoms with Gasteiger partial charge in [-0.2, -0.15) is 0 Å². The summed E-state index contributed by atoms with van der Waals surface area (Å²) in [4.78, 5) is 33.9. The van der Waals surface area contributed by atoms with Crippen LogP contribution in [0.5, 0.6) is 0 Å². The van der Waals surface area contributed by atoms with Gasteiger partial charge >= 0.3 is 5.97 Å². The molecule has 0 unspecified atom stereocenters. The molecular formula is C13H15FN2O4S. The molecule has 0 fully saturated rings. The molecule has 0 aliphatic heterocycles. The van der Waals surface area contributed by atoms with E-state index in [0.717, 1.165) is 11.8 Å². The number of hydrogen-bond acceptors (Lipinski definition) is 4. The monoisotopic (exact) mass is 314 g/mol. The van der Waals surface area contributed by atoms with Gasteiger partial charge in [0, 0.05) is 11.3 Å². The summed E-state index contributed by atoms with van der Waals surface area (Å²) in [6.45, 7) is 0. The number of carboxylic acid groups (broad SMARTS) is 1. The van der Waals surface area contributed by atoms with Crippen LogP contribution >= 0.6 is 11.8 Å². The van der Waals surface area contributed by atoms with Crippen molar-refractivity contribution in [1.82, 2.24) is 5.32 Å². The van der Waals surface area contributed by atoms with Crippen molar-refractivity contribution in [2.75, 3.05) is 5.75 Å². The maximum atomic E-state index is 12.7. The lowest BCUT2D eigenvalue weighted by molar-refractivity contribution is -0.141. The Bertz CT molecular complexity index is 521. The van der Waals surface area contributed by atoms with Crippen LogP contribution in [0.4, 0.5) is 4.39 Å². The molecule has 4 N–H and O–H groups in total. The fourth-order valence-corrected chi connectivity index (χ4v) is 2.17. The molecule has 1 aromatic rings. The first-order valence-corrected chi connectivity index (χ1v) is 7.06. The molecule has 1 atom stereocenters. The first-order valence-electron chi connectivity index (χ1n) is 6.07. The summed E-state index contributed by atoms with van der Waals surface area (Å²) < 4.78 is 12.7. The highest BCUT2D eigenvalue weighted by atomic mass is 32.2. The molecule has 0 aliphatic carbocycles. The van der Waals surface area contributed by atoms with Gasteiger partial charge in [0.1, 0.15) is 11.9 Å². The highest BCUT2D eigenvalue weighted by Crippen LogP contribution is 2.17. The largest absolute Gasteiger partial charge is 0.480 e. The van der Waals surface area contributed by atoms with Gasteiger partial charge in [0.05, 0.1) is 5.75 Å². The Hall–Kier alpha value is -2.09. The number of rotatable bonds is 8. The Labute approximate surface area is 124 Å². The van der Waals surface area contributed by atoms with Crippen LogP contribution in [-0.2, 0) is 14.4 Å². The van der Waals surface area contributed by atoms with Gasteiger partial charge in [-0.05, 0) is 30.7 Å². The number of carbonyl (C=O) groups is 3. The van der Waals surface area contributed by atoms with E-state index in [1.54, 1.807) is 0 Å². The number of nitrogens with two attached hydrogens (primary N) is 1. The molecule has 1 rings (SSSR count). The average molecular weight is 314 g/mol. The molecule has 8 heteroatoms. The Kier molecular flexibility index (Phi) is 6.67. The highest BCUT2D eigenvalue weighted by molar-refractivity contribution is 8.00. The summed E-state index contributed by atoms with van der Waals surface area (Å²) in [6, 6.07) is 4.43. The molecule has 21 heavy (non-hydrogen) atoms. The first kappa shape index (κ1) is 17.0. The molecule has 0 radical (unpaired) electrons. The van der Waals surface area contributed by atoms with Gasteiger partial charge < -0.3 is 16.2 Å². The number of amides is 2. The molecule has 0 saturated carbocycles. The van der Waals surface area contributed by atoms with Gasteiger partial charge in [0.25, 0.3) is 0 Å². The molecule has 0 saturated heterocycles. The van der Waals surface area contributed by atoms with E-state index in [0.29, 0.717) is 4.90 Å². The summed E-state index contributed by atoms with van der Waals surface area (Å²) in [5, 5.41) is 11.2. The topological polar surface area (TPSA) is 109 Å². The van der Waals surface area contributed by atoms with E-state index in [2.05, 4.69) is 5.32 Å². The number of carbonyl (C=O) groups excluding carboxylic acids is 2. The maximum absolute atomic E-state index is 12.7. The Morgan fingerprint density at radius 1 is 1.29 bits per heavy atom.